The maximum Gasteiger partial charge on any atom is 0.146 e. The molecule has 0 heterocycles. The molecule has 0 aliphatic heterocycles. The van der Waals surface area contributed by atoms with Gasteiger partial charge in [0.05, 0.1) is 18.8 Å². The third kappa shape index (κ3) is 3.23. The predicted octanol–water partition coefficient (Wildman–Crippen LogP) is 4.97. The fraction of sp³-hybridized carbons (Fsp3) is 0.250. The van der Waals surface area contributed by atoms with Crippen molar-refractivity contribution < 1.29 is 9.13 Å². The summed E-state index contributed by atoms with van der Waals surface area (Å²) in [6, 6.07) is 10.3. The molecule has 2 nitrogen and oxygen atoms in total. The molecule has 0 radical (unpaired) electrons. The molecule has 0 saturated heterocycles. The largest absolute Gasteiger partial charge is 0.496 e. The Morgan fingerprint density at radius 2 is 1.95 bits per heavy atom. The Bertz CT molecular complexity index is 615. The average molecular weight is 294 g/mol. The summed E-state index contributed by atoms with van der Waals surface area (Å²) in [6.45, 7) is 3.95. The van der Waals surface area contributed by atoms with Crippen molar-refractivity contribution >= 4 is 17.3 Å². The molecule has 2 aromatic carbocycles. The van der Waals surface area contributed by atoms with Crippen molar-refractivity contribution in [1.82, 2.24) is 0 Å². The van der Waals surface area contributed by atoms with Gasteiger partial charge in [-0.2, -0.15) is 0 Å². The van der Waals surface area contributed by atoms with Gasteiger partial charge in [-0.3, -0.25) is 0 Å². The van der Waals surface area contributed by atoms with Gasteiger partial charge in [0.1, 0.15) is 11.6 Å². The summed E-state index contributed by atoms with van der Waals surface area (Å²) in [7, 11) is 1.63. The second-order valence-corrected chi connectivity index (χ2v) is 5.17. The van der Waals surface area contributed by atoms with Crippen LogP contribution in [0.1, 0.15) is 24.1 Å². The molecule has 20 heavy (non-hydrogen) atoms. The van der Waals surface area contributed by atoms with E-state index in [4.69, 9.17) is 16.3 Å². The van der Waals surface area contributed by atoms with Crippen LogP contribution >= 0.6 is 11.6 Å². The van der Waals surface area contributed by atoms with E-state index in [1.165, 1.54) is 12.1 Å². The summed E-state index contributed by atoms with van der Waals surface area (Å²) >= 11 is 5.89. The van der Waals surface area contributed by atoms with Crippen molar-refractivity contribution in [2.45, 2.75) is 19.9 Å². The minimum atomic E-state index is -0.327. The topological polar surface area (TPSA) is 21.3 Å². The number of halogens is 2. The van der Waals surface area contributed by atoms with E-state index in [9.17, 15) is 4.39 Å². The molecule has 0 spiro atoms. The lowest BCUT2D eigenvalue weighted by atomic mass is 10.0. The van der Waals surface area contributed by atoms with Crippen LogP contribution in [0.15, 0.2) is 36.4 Å². The summed E-state index contributed by atoms with van der Waals surface area (Å²) in [4.78, 5) is 0. The van der Waals surface area contributed by atoms with Gasteiger partial charge in [-0.15, -0.1) is 0 Å². The van der Waals surface area contributed by atoms with E-state index in [1.54, 1.807) is 13.2 Å². The molecule has 106 valence electrons. The normalized spacial score (nSPS) is 12.1. The molecule has 0 amide bonds. The second kappa shape index (κ2) is 6.14. The quantitative estimate of drug-likeness (QED) is 0.859. The summed E-state index contributed by atoms with van der Waals surface area (Å²) < 4.78 is 19.1. The molecule has 2 rings (SSSR count). The predicted molar refractivity (Wildman–Crippen MR) is 81.2 cm³/mol. The highest BCUT2D eigenvalue weighted by molar-refractivity contribution is 6.30. The van der Waals surface area contributed by atoms with E-state index in [0.717, 1.165) is 16.9 Å². The summed E-state index contributed by atoms with van der Waals surface area (Å²) in [5.74, 6) is 0.458. The SMILES string of the molecule is COc1cc(C)ccc1C(C)Nc1cc(Cl)ccc1F. The van der Waals surface area contributed by atoms with Crippen LogP contribution in [0.3, 0.4) is 0 Å². The monoisotopic (exact) mass is 293 g/mol. The van der Waals surface area contributed by atoms with E-state index in [1.807, 2.05) is 32.0 Å². The average Bonchev–Trinajstić information content (AvgIpc) is 2.42. The second-order valence-electron chi connectivity index (χ2n) is 4.74. The molecular formula is C16H17ClFNO. The first-order chi connectivity index (χ1) is 9.51. The lowest BCUT2D eigenvalue weighted by molar-refractivity contribution is 0.407. The Balaban J connectivity index is 2.28. The Labute approximate surface area is 123 Å². The number of hydrogen-bond acceptors (Lipinski definition) is 2. The van der Waals surface area contributed by atoms with Gasteiger partial charge in [0, 0.05) is 10.6 Å². The standard InChI is InChI=1S/C16H17ClFNO/c1-10-4-6-13(16(8-10)20-3)11(2)19-15-9-12(17)5-7-14(15)18/h4-9,11,19H,1-3H3. The summed E-state index contributed by atoms with van der Waals surface area (Å²) in [5.41, 5.74) is 2.47. The number of nitrogens with one attached hydrogen (secondary N) is 1. The minimum absolute atomic E-state index is 0.0986. The molecule has 4 heteroatoms. The first kappa shape index (κ1) is 14.7. The number of hydrogen-bond donors (Lipinski definition) is 1. The van der Waals surface area contributed by atoms with Crippen molar-refractivity contribution in [3.63, 3.8) is 0 Å². The van der Waals surface area contributed by atoms with Crippen LogP contribution in [-0.4, -0.2) is 7.11 Å². The van der Waals surface area contributed by atoms with Crippen LogP contribution in [0.25, 0.3) is 0 Å². The molecule has 0 fully saturated rings. The van der Waals surface area contributed by atoms with E-state index < -0.39 is 0 Å². The Morgan fingerprint density at radius 3 is 2.65 bits per heavy atom. The third-order valence-electron chi connectivity index (χ3n) is 3.16. The number of methoxy groups -OCH3 is 1. The lowest BCUT2D eigenvalue weighted by Crippen LogP contribution is -2.09. The molecule has 2 aromatic rings. The van der Waals surface area contributed by atoms with Crippen molar-refractivity contribution in [1.29, 1.82) is 0 Å². The van der Waals surface area contributed by atoms with Crippen LogP contribution in [0.2, 0.25) is 5.02 Å². The first-order valence-electron chi connectivity index (χ1n) is 6.37. The van der Waals surface area contributed by atoms with Gasteiger partial charge in [-0.05, 0) is 43.7 Å². The number of aryl methyl sites for hydroxylation is 1. The molecule has 1 N–H and O–H groups in total. The third-order valence-corrected chi connectivity index (χ3v) is 3.39. The van der Waals surface area contributed by atoms with E-state index in [2.05, 4.69) is 5.32 Å². The number of ether oxygens (including phenoxy) is 1. The molecule has 1 unspecified atom stereocenters. The Kier molecular flexibility index (Phi) is 4.50. The van der Waals surface area contributed by atoms with E-state index >= 15 is 0 Å². The summed E-state index contributed by atoms with van der Waals surface area (Å²) in [6.07, 6.45) is 0. The molecule has 1 atom stereocenters. The van der Waals surface area contributed by atoms with Gasteiger partial charge >= 0.3 is 0 Å². The lowest BCUT2D eigenvalue weighted by Gasteiger charge is -2.19. The number of rotatable bonds is 4. The van der Waals surface area contributed by atoms with E-state index in [0.29, 0.717) is 10.7 Å². The first-order valence-corrected chi connectivity index (χ1v) is 6.75. The summed E-state index contributed by atoms with van der Waals surface area (Å²) in [5, 5.41) is 3.62. The van der Waals surface area contributed by atoms with Gasteiger partial charge in [-0.25, -0.2) is 4.39 Å². The van der Waals surface area contributed by atoms with Crippen molar-refractivity contribution in [2.24, 2.45) is 0 Å². The highest BCUT2D eigenvalue weighted by Crippen LogP contribution is 2.30. The van der Waals surface area contributed by atoms with E-state index in [-0.39, 0.29) is 11.9 Å². The zero-order chi connectivity index (χ0) is 14.7. The van der Waals surface area contributed by atoms with Gasteiger partial charge < -0.3 is 10.1 Å². The minimum Gasteiger partial charge on any atom is -0.496 e. The van der Waals surface area contributed by atoms with Crippen LogP contribution in [0.4, 0.5) is 10.1 Å². The van der Waals surface area contributed by atoms with Gasteiger partial charge in [-0.1, -0.05) is 23.7 Å². The molecule has 0 aliphatic carbocycles. The van der Waals surface area contributed by atoms with Crippen LogP contribution in [-0.2, 0) is 0 Å². The van der Waals surface area contributed by atoms with Gasteiger partial charge in [0.25, 0.3) is 0 Å². The van der Waals surface area contributed by atoms with Gasteiger partial charge in [0.2, 0.25) is 0 Å². The van der Waals surface area contributed by atoms with Crippen molar-refractivity contribution in [3.05, 3.63) is 58.4 Å². The Morgan fingerprint density at radius 1 is 1.20 bits per heavy atom. The van der Waals surface area contributed by atoms with Crippen LogP contribution in [0, 0.1) is 12.7 Å². The molecule has 0 aliphatic rings. The molecule has 0 bridgehead atoms. The number of benzene rings is 2. The smallest absolute Gasteiger partial charge is 0.146 e. The fourth-order valence-electron chi connectivity index (χ4n) is 2.10. The zero-order valence-electron chi connectivity index (χ0n) is 11.7. The van der Waals surface area contributed by atoms with Crippen LogP contribution in [0.5, 0.6) is 5.75 Å². The fourth-order valence-corrected chi connectivity index (χ4v) is 2.27. The molecular weight excluding hydrogens is 277 g/mol. The molecule has 0 aromatic heterocycles. The molecule has 0 saturated carbocycles. The Hall–Kier alpha value is -1.74. The highest BCUT2D eigenvalue weighted by atomic mass is 35.5. The number of anilines is 1. The maximum atomic E-state index is 13.7. The zero-order valence-corrected chi connectivity index (χ0v) is 12.5. The van der Waals surface area contributed by atoms with Crippen molar-refractivity contribution in [3.8, 4) is 5.75 Å². The maximum absolute atomic E-state index is 13.7. The van der Waals surface area contributed by atoms with Gasteiger partial charge in [0.15, 0.2) is 0 Å². The van der Waals surface area contributed by atoms with Crippen molar-refractivity contribution in [2.75, 3.05) is 12.4 Å². The van der Waals surface area contributed by atoms with Crippen LogP contribution < -0.4 is 10.1 Å². The highest BCUT2D eigenvalue weighted by Gasteiger charge is 2.13.